The second-order valence-electron chi connectivity index (χ2n) is 7.00. The summed E-state index contributed by atoms with van der Waals surface area (Å²) in [7, 11) is 0. The average Bonchev–Trinajstić information content (AvgIpc) is 3.33. The van der Waals surface area contributed by atoms with Gasteiger partial charge < -0.3 is 14.6 Å². The largest absolute Gasteiger partial charge is 0.502 e. The highest BCUT2D eigenvalue weighted by Gasteiger charge is 2.26. The van der Waals surface area contributed by atoms with Crippen molar-refractivity contribution in [1.82, 2.24) is 15.5 Å². The lowest BCUT2D eigenvalue weighted by Gasteiger charge is -2.13. The van der Waals surface area contributed by atoms with Gasteiger partial charge in [0.05, 0.1) is 15.4 Å². The van der Waals surface area contributed by atoms with E-state index < -0.39 is 24.8 Å². The normalized spacial score (nSPS) is 23.1. The number of hydrogen-bond acceptors (Lipinski definition) is 5. The molecule has 1 atom stereocenters. The summed E-state index contributed by atoms with van der Waals surface area (Å²) in [6.45, 7) is 11.8. The van der Waals surface area contributed by atoms with Gasteiger partial charge in [0.1, 0.15) is 5.75 Å². The molecule has 2 aromatic carbocycles. The molecule has 0 amide bonds. The molecule has 1 aliphatic carbocycles. The van der Waals surface area contributed by atoms with Gasteiger partial charge in [-0.1, -0.05) is 30.3 Å². The number of hydrogen-bond donors (Lipinski definition) is 1. The van der Waals surface area contributed by atoms with Gasteiger partial charge in [-0.25, -0.2) is 4.85 Å². The molecular weight excluding hydrogens is 376 g/mol. The molecule has 0 unspecified atom stereocenters. The first-order valence-corrected chi connectivity index (χ1v) is 9.56. The van der Waals surface area contributed by atoms with Crippen molar-refractivity contribution in [2.24, 2.45) is 0 Å². The van der Waals surface area contributed by atoms with E-state index in [1.807, 2.05) is 0 Å². The molecule has 0 spiro atoms. The molecule has 0 aliphatic heterocycles. The van der Waals surface area contributed by atoms with E-state index in [1.165, 1.54) is 13.0 Å². The SMILES string of the molecule is [2H]C([2H])(C)CN[C@]1([2H])c2cccc(-c3noc(-c4ccc(OC([2H])(C)C)c([N+]#[C-])c4)n3)c2CC1([2H])[2H]. The predicted octanol–water partition coefficient (Wildman–Crippen LogP) is 5.73. The summed E-state index contributed by atoms with van der Waals surface area (Å²) in [6.07, 6.45) is -4.91. The molecule has 1 heterocycles. The minimum atomic E-state index is -2.00. The maximum Gasteiger partial charge on any atom is 0.256 e. The molecule has 1 N–H and O–H groups in total. The number of ether oxygens (including phenoxy) is 1. The van der Waals surface area contributed by atoms with Crippen LogP contribution in [-0.2, 0) is 6.42 Å². The Kier molecular flexibility index (Phi) is 4.03. The van der Waals surface area contributed by atoms with Crippen molar-refractivity contribution >= 4 is 5.69 Å². The van der Waals surface area contributed by atoms with Crippen LogP contribution in [0.2, 0.25) is 0 Å². The number of aromatic nitrogens is 2. The Morgan fingerprint density at radius 3 is 3.10 bits per heavy atom. The van der Waals surface area contributed by atoms with Gasteiger partial charge in [-0.3, -0.25) is 0 Å². The van der Waals surface area contributed by atoms with E-state index in [0.29, 0.717) is 22.3 Å². The number of benzene rings is 2. The smallest absolute Gasteiger partial charge is 0.256 e. The molecule has 1 aromatic heterocycles. The zero-order chi connectivity index (χ0) is 26.5. The van der Waals surface area contributed by atoms with Crippen LogP contribution in [0.4, 0.5) is 5.69 Å². The van der Waals surface area contributed by atoms with Crippen molar-refractivity contribution in [3.63, 3.8) is 0 Å². The van der Waals surface area contributed by atoms with E-state index in [4.69, 9.17) is 24.1 Å². The summed E-state index contributed by atoms with van der Waals surface area (Å²) in [5, 5.41) is 6.86. The first-order valence-electron chi connectivity index (χ1n) is 12.6. The number of rotatable bonds is 7. The molecule has 3 aromatic rings. The van der Waals surface area contributed by atoms with Crippen LogP contribution in [0.25, 0.3) is 27.7 Å². The molecule has 6 nitrogen and oxygen atoms in total. The third-order valence-electron chi connectivity index (χ3n) is 4.64. The highest BCUT2D eigenvalue weighted by molar-refractivity contribution is 5.70. The third kappa shape index (κ3) is 3.94. The predicted molar refractivity (Wildman–Crippen MR) is 117 cm³/mol. The van der Waals surface area contributed by atoms with Gasteiger partial charge in [-0.05, 0) is 68.9 Å². The first kappa shape index (κ1) is 13.9. The summed E-state index contributed by atoms with van der Waals surface area (Å²) in [4.78, 5) is 7.94. The zero-order valence-corrected chi connectivity index (χ0v) is 17.0. The third-order valence-corrected chi connectivity index (χ3v) is 4.64. The maximum absolute atomic E-state index is 8.90. The monoisotopic (exact) mass is 408 g/mol. The maximum atomic E-state index is 8.90. The van der Waals surface area contributed by atoms with E-state index in [1.54, 1.807) is 44.2 Å². The van der Waals surface area contributed by atoms with Crippen LogP contribution in [0, 0.1) is 6.57 Å². The minimum absolute atomic E-state index is 0.0809. The van der Waals surface area contributed by atoms with Crippen LogP contribution >= 0.6 is 0 Å². The highest BCUT2D eigenvalue weighted by Crippen LogP contribution is 2.38. The fourth-order valence-electron chi connectivity index (χ4n) is 3.32. The first-order chi connectivity index (χ1) is 16.6. The van der Waals surface area contributed by atoms with Crippen molar-refractivity contribution in [2.45, 2.75) is 52.0 Å². The van der Waals surface area contributed by atoms with Gasteiger partial charge in [-0.15, -0.1) is 0 Å². The zero-order valence-electron chi connectivity index (χ0n) is 23.0. The van der Waals surface area contributed by atoms with E-state index in [0.717, 1.165) is 0 Å². The summed E-state index contributed by atoms with van der Waals surface area (Å²) in [5.74, 6) is 0.636. The molecule has 0 saturated heterocycles. The van der Waals surface area contributed by atoms with Crippen molar-refractivity contribution in [3.8, 4) is 28.6 Å². The van der Waals surface area contributed by atoms with Crippen molar-refractivity contribution < 1.29 is 17.5 Å². The van der Waals surface area contributed by atoms with Crippen LogP contribution in [0.5, 0.6) is 5.75 Å². The van der Waals surface area contributed by atoms with Crippen LogP contribution < -0.4 is 10.1 Å². The van der Waals surface area contributed by atoms with E-state index >= 15 is 0 Å². The van der Waals surface area contributed by atoms with E-state index in [9.17, 15) is 0 Å². The summed E-state index contributed by atoms with van der Waals surface area (Å²) < 4.78 is 60.4. The van der Waals surface area contributed by atoms with Gasteiger partial charge in [0.15, 0.2) is 0 Å². The average molecular weight is 409 g/mol. The topological polar surface area (TPSA) is 64.5 Å². The Morgan fingerprint density at radius 2 is 2.33 bits per heavy atom. The van der Waals surface area contributed by atoms with Crippen molar-refractivity contribution in [2.75, 3.05) is 6.54 Å². The van der Waals surface area contributed by atoms with Gasteiger partial charge in [0.25, 0.3) is 5.89 Å². The Hall–Kier alpha value is -3.17. The van der Waals surface area contributed by atoms with Gasteiger partial charge in [0, 0.05) is 22.6 Å². The fourth-order valence-corrected chi connectivity index (χ4v) is 3.32. The fraction of sp³-hybridized carbons (Fsp3) is 0.375. The Morgan fingerprint density at radius 1 is 1.47 bits per heavy atom. The van der Waals surface area contributed by atoms with Gasteiger partial charge in [0.2, 0.25) is 11.5 Å². The highest BCUT2D eigenvalue weighted by atomic mass is 16.5. The van der Waals surface area contributed by atoms with Crippen molar-refractivity contribution in [3.05, 3.63) is 58.9 Å². The molecule has 0 fully saturated rings. The number of nitrogens with one attached hydrogen (secondary N) is 1. The van der Waals surface area contributed by atoms with E-state index in [-0.39, 0.29) is 36.1 Å². The summed E-state index contributed by atoms with van der Waals surface area (Å²) in [5.41, 5.74) is 2.15. The molecule has 4 rings (SSSR count). The minimum Gasteiger partial charge on any atom is -0.502 e. The molecule has 0 saturated carbocycles. The Labute approximate surface area is 185 Å². The molecule has 1 aliphatic rings. The summed E-state index contributed by atoms with van der Waals surface area (Å²) >= 11 is 0. The van der Waals surface area contributed by atoms with Crippen molar-refractivity contribution in [1.29, 1.82) is 0 Å². The van der Waals surface area contributed by atoms with Gasteiger partial charge >= 0.3 is 0 Å². The quantitative estimate of drug-likeness (QED) is 0.506. The Bertz CT molecular complexity index is 1340. The van der Waals surface area contributed by atoms with Crippen LogP contribution in [-0.4, -0.2) is 22.8 Å². The molecule has 0 radical (unpaired) electrons. The van der Waals surface area contributed by atoms with Gasteiger partial charge in [-0.2, -0.15) is 4.98 Å². The van der Waals surface area contributed by atoms with Crippen LogP contribution in [0.3, 0.4) is 0 Å². The number of fused-ring (bicyclic) bond motifs is 1. The molecule has 30 heavy (non-hydrogen) atoms. The lowest BCUT2D eigenvalue weighted by atomic mass is 10.0. The molecular formula is C24H26N4O2. The molecule has 6 heteroatoms. The van der Waals surface area contributed by atoms with Crippen LogP contribution in [0.15, 0.2) is 40.9 Å². The standard InChI is InChI=1S/C24H26N4O2/c1-5-13-26-20-11-10-17-18(20)7-6-8-19(17)23-27-24(30-28-23)16-9-12-22(29-15(2)3)21(14-16)25-4/h6-9,12,14-15,20,26H,5,10-11,13H2,1-3H3/t20-/m0/s1/i5D2,11D2,15D,20D. The lowest BCUT2D eigenvalue weighted by molar-refractivity contribution is 0.244. The molecule has 0 bridgehead atoms. The van der Waals surface area contributed by atoms with E-state index in [2.05, 4.69) is 20.3 Å². The second-order valence-corrected chi connectivity index (χ2v) is 7.00. The molecule has 154 valence electrons. The Balaban J connectivity index is 1.70. The lowest BCUT2D eigenvalue weighted by Crippen LogP contribution is -2.19. The summed E-state index contributed by atoms with van der Waals surface area (Å²) in [6, 6.07) is 7.99. The second kappa shape index (κ2) is 8.68. The number of nitrogens with zero attached hydrogens (tertiary/aromatic N) is 3. The van der Waals surface area contributed by atoms with Crippen LogP contribution in [0.1, 0.15) is 58.9 Å².